The van der Waals surface area contributed by atoms with Crippen molar-refractivity contribution in [3.63, 3.8) is 0 Å². The first-order chi connectivity index (χ1) is 16.0. The number of benzene rings is 3. The monoisotopic (exact) mass is 448 g/mol. The average Bonchev–Trinajstić information content (AvgIpc) is 2.95. The highest BCUT2D eigenvalue weighted by Crippen LogP contribution is 2.30. The Kier molecular flexibility index (Phi) is 6.58. The fourth-order valence-electron chi connectivity index (χ4n) is 3.77. The zero-order chi connectivity index (χ0) is 23.4. The number of carbonyl (C=O) groups excluding carboxylic acids is 2. The Morgan fingerprint density at radius 2 is 1.91 bits per heavy atom. The van der Waals surface area contributed by atoms with Crippen molar-refractivity contribution >= 4 is 17.5 Å². The van der Waals surface area contributed by atoms with Gasteiger partial charge in [0, 0.05) is 24.3 Å². The lowest BCUT2D eigenvalue weighted by atomic mass is 10.1. The molecule has 0 aromatic heterocycles. The SMILES string of the molecule is CCC1Oc2ccc(NC(=O)c3ccccc3F)cc2CN(Cc2ccc(OC)cc2)C1=O. The molecule has 4 rings (SSSR count). The lowest BCUT2D eigenvalue weighted by Crippen LogP contribution is -2.38. The number of hydrogen-bond donors (Lipinski definition) is 1. The van der Waals surface area contributed by atoms with Crippen LogP contribution in [0.2, 0.25) is 0 Å². The molecule has 0 saturated heterocycles. The lowest BCUT2D eigenvalue weighted by molar-refractivity contribution is -0.139. The van der Waals surface area contributed by atoms with Crippen LogP contribution in [-0.4, -0.2) is 29.9 Å². The Balaban J connectivity index is 1.58. The van der Waals surface area contributed by atoms with Crippen LogP contribution in [0, 0.1) is 5.82 Å². The highest BCUT2D eigenvalue weighted by molar-refractivity contribution is 6.04. The lowest BCUT2D eigenvalue weighted by Gasteiger charge is -2.23. The maximum Gasteiger partial charge on any atom is 0.264 e. The summed E-state index contributed by atoms with van der Waals surface area (Å²) in [7, 11) is 1.61. The van der Waals surface area contributed by atoms with Crippen molar-refractivity contribution < 1.29 is 23.5 Å². The Hall–Kier alpha value is -3.87. The number of anilines is 1. The van der Waals surface area contributed by atoms with E-state index in [-0.39, 0.29) is 11.5 Å². The van der Waals surface area contributed by atoms with Gasteiger partial charge >= 0.3 is 0 Å². The van der Waals surface area contributed by atoms with Gasteiger partial charge in [0.05, 0.1) is 12.7 Å². The van der Waals surface area contributed by atoms with Crippen molar-refractivity contribution in [1.29, 1.82) is 0 Å². The quantitative estimate of drug-likeness (QED) is 0.589. The van der Waals surface area contributed by atoms with E-state index in [0.29, 0.717) is 30.9 Å². The van der Waals surface area contributed by atoms with Gasteiger partial charge in [0.25, 0.3) is 11.8 Å². The van der Waals surface area contributed by atoms with Crippen molar-refractivity contribution in [3.8, 4) is 11.5 Å². The summed E-state index contributed by atoms with van der Waals surface area (Å²) >= 11 is 0. The van der Waals surface area contributed by atoms with E-state index < -0.39 is 17.8 Å². The number of halogens is 1. The predicted molar refractivity (Wildman–Crippen MR) is 123 cm³/mol. The zero-order valence-electron chi connectivity index (χ0n) is 18.5. The molecule has 0 fully saturated rings. The van der Waals surface area contributed by atoms with E-state index >= 15 is 0 Å². The van der Waals surface area contributed by atoms with E-state index in [0.717, 1.165) is 16.9 Å². The van der Waals surface area contributed by atoms with E-state index in [1.165, 1.54) is 18.2 Å². The molecule has 3 aromatic carbocycles. The Morgan fingerprint density at radius 3 is 2.61 bits per heavy atom. The van der Waals surface area contributed by atoms with Crippen molar-refractivity contribution in [2.45, 2.75) is 32.5 Å². The van der Waals surface area contributed by atoms with Gasteiger partial charge in [0.2, 0.25) is 0 Å². The number of ether oxygens (including phenoxy) is 2. The van der Waals surface area contributed by atoms with Crippen LogP contribution in [0.4, 0.5) is 10.1 Å². The molecule has 0 bridgehead atoms. The molecule has 0 aliphatic carbocycles. The third-order valence-corrected chi connectivity index (χ3v) is 5.56. The second kappa shape index (κ2) is 9.73. The van der Waals surface area contributed by atoms with E-state index in [2.05, 4.69) is 5.32 Å². The number of fused-ring (bicyclic) bond motifs is 1. The highest BCUT2D eigenvalue weighted by atomic mass is 19.1. The first-order valence-electron chi connectivity index (χ1n) is 10.8. The summed E-state index contributed by atoms with van der Waals surface area (Å²) in [6.45, 7) is 2.64. The number of rotatable bonds is 6. The number of nitrogens with one attached hydrogen (secondary N) is 1. The van der Waals surface area contributed by atoms with E-state index in [4.69, 9.17) is 9.47 Å². The second-order valence-electron chi connectivity index (χ2n) is 7.81. The van der Waals surface area contributed by atoms with Gasteiger partial charge in [-0.2, -0.15) is 0 Å². The van der Waals surface area contributed by atoms with Crippen LogP contribution in [-0.2, 0) is 17.9 Å². The van der Waals surface area contributed by atoms with Crippen LogP contribution in [0.25, 0.3) is 0 Å². The predicted octanol–water partition coefficient (Wildman–Crippen LogP) is 4.79. The zero-order valence-corrected chi connectivity index (χ0v) is 18.5. The molecule has 0 saturated carbocycles. The van der Waals surface area contributed by atoms with E-state index in [9.17, 15) is 14.0 Å². The molecule has 1 N–H and O–H groups in total. The molecular weight excluding hydrogens is 423 g/mol. The smallest absolute Gasteiger partial charge is 0.264 e. The molecule has 6 nitrogen and oxygen atoms in total. The van der Waals surface area contributed by atoms with Gasteiger partial charge in [-0.1, -0.05) is 31.2 Å². The molecule has 0 radical (unpaired) electrons. The molecule has 170 valence electrons. The van der Waals surface area contributed by atoms with Crippen LogP contribution in [0.1, 0.15) is 34.8 Å². The molecule has 33 heavy (non-hydrogen) atoms. The van der Waals surface area contributed by atoms with Crippen LogP contribution < -0.4 is 14.8 Å². The molecule has 1 unspecified atom stereocenters. The van der Waals surface area contributed by atoms with Gasteiger partial charge in [-0.15, -0.1) is 0 Å². The Bertz CT molecular complexity index is 1160. The minimum Gasteiger partial charge on any atom is -0.497 e. The fraction of sp³-hybridized carbons (Fsp3) is 0.231. The summed E-state index contributed by atoms with van der Waals surface area (Å²) in [5.74, 6) is 0.115. The largest absolute Gasteiger partial charge is 0.497 e. The normalized spacial score (nSPS) is 15.3. The second-order valence-corrected chi connectivity index (χ2v) is 7.81. The number of methoxy groups -OCH3 is 1. The highest BCUT2D eigenvalue weighted by Gasteiger charge is 2.30. The number of carbonyl (C=O) groups is 2. The number of amides is 2. The van der Waals surface area contributed by atoms with Crippen molar-refractivity contribution in [2.24, 2.45) is 0 Å². The van der Waals surface area contributed by atoms with E-state index in [1.807, 2.05) is 31.2 Å². The summed E-state index contributed by atoms with van der Waals surface area (Å²) in [5.41, 5.74) is 2.19. The molecule has 1 aliphatic heterocycles. The van der Waals surface area contributed by atoms with Gasteiger partial charge in [-0.3, -0.25) is 9.59 Å². The molecule has 3 aromatic rings. The third kappa shape index (κ3) is 4.98. The summed E-state index contributed by atoms with van der Waals surface area (Å²) in [5, 5.41) is 2.73. The number of hydrogen-bond acceptors (Lipinski definition) is 4. The molecule has 2 amide bonds. The summed E-state index contributed by atoms with van der Waals surface area (Å²) < 4.78 is 25.2. The van der Waals surface area contributed by atoms with E-state index in [1.54, 1.807) is 36.3 Å². The van der Waals surface area contributed by atoms with Crippen LogP contribution >= 0.6 is 0 Å². The topological polar surface area (TPSA) is 67.9 Å². The van der Waals surface area contributed by atoms with Crippen molar-refractivity contribution in [1.82, 2.24) is 4.90 Å². The first-order valence-corrected chi connectivity index (χ1v) is 10.8. The Morgan fingerprint density at radius 1 is 1.15 bits per heavy atom. The van der Waals surface area contributed by atoms with Gasteiger partial charge in [-0.05, 0) is 54.4 Å². The third-order valence-electron chi connectivity index (χ3n) is 5.56. The molecule has 7 heteroatoms. The van der Waals surface area contributed by atoms with Crippen LogP contribution in [0.15, 0.2) is 66.7 Å². The van der Waals surface area contributed by atoms with Crippen LogP contribution in [0.5, 0.6) is 11.5 Å². The van der Waals surface area contributed by atoms with Gasteiger partial charge in [-0.25, -0.2) is 4.39 Å². The maximum atomic E-state index is 14.0. The number of nitrogens with zero attached hydrogens (tertiary/aromatic N) is 1. The molecule has 1 aliphatic rings. The summed E-state index contributed by atoms with van der Waals surface area (Å²) in [6.07, 6.45) is -0.0632. The summed E-state index contributed by atoms with van der Waals surface area (Å²) in [6, 6.07) is 18.6. The Labute approximate surface area is 191 Å². The van der Waals surface area contributed by atoms with Crippen molar-refractivity contribution in [3.05, 3.63) is 89.2 Å². The van der Waals surface area contributed by atoms with Crippen molar-refractivity contribution in [2.75, 3.05) is 12.4 Å². The maximum absolute atomic E-state index is 14.0. The van der Waals surface area contributed by atoms with Crippen LogP contribution in [0.3, 0.4) is 0 Å². The van der Waals surface area contributed by atoms with Gasteiger partial charge in [0.15, 0.2) is 6.10 Å². The summed E-state index contributed by atoms with van der Waals surface area (Å²) in [4.78, 5) is 27.4. The fourth-order valence-corrected chi connectivity index (χ4v) is 3.77. The standard InChI is InChI=1S/C26H25FN2O4/c1-3-23-26(31)29(15-17-8-11-20(32-2)12-9-17)16-18-14-19(10-13-24(18)33-23)28-25(30)21-6-4-5-7-22(21)27/h4-14,23H,3,15-16H2,1-2H3,(H,28,30). The molecule has 1 atom stereocenters. The van der Waals surface area contributed by atoms with Gasteiger partial charge < -0.3 is 19.7 Å². The molecular formula is C26H25FN2O4. The minimum absolute atomic E-state index is 0.0361. The average molecular weight is 448 g/mol. The van der Waals surface area contributed by atoms with Gasteiger partial charge in [0.1, 0.15) is 17.3 Å². The molecule has 0 spiro atoms. The first kappa shape index (κ1) is 22.3. The minimum atomic E-state index is -0.594. The molecule has 1 heterocycles.